The first-order chi connectivity index (χ1) is 30.6. The number of carbonyl (C=O) groups excluding carboxylic acids is 1. The molecule has 2 saturated heterocycles. The molecule has 3 heterocycles. The average Bonchev–Trinajstić information content (AvgIpc) is 3.26. The summed E-state index contributed by atoms with van der Waals surface area (Å²) in [5.41, 5.74) is 9.74. The van der Waals surface area contributed by atoms with E-state index < -0.39 is 43.0 Å². The van der Waals surface area contributed by atoms with Crippen molar-refractivity contribution in [2.45, 2.75) is 4.90 Å². The number of fused-ring (bicyclic) bond motifs is 1. The van der Waals surface area contributed by atoms with Crippen molar-refractivity contribution in [2.75, 3.05) is 99.9 Å². The number of azo groups is 2. The van der Waals surface area contributed by atoms with Crippen molar-refractivity contribution in [3.05, 3.63) is 78.9 Å². The molecule has 64 heavy (non-hydrogen) atoms. The van der Waals surface area contributed by atoms with Crippen molar-refractivity contribution in [3.8, 4) is 5.75 Å². The second-order valence-corrected chi connectivity index (χ2v) is 17.1. The molecule has 1 aromatic heterocycles. The van der Waals surface area contributed by atoms with Crippen LogP contribution in [0.25, 0.3) is 10.8 Å². The number of anilines is 4. The van der Waals surface area contributed by atoms with Gasteiger partial charge in [-0.05, 0) is 66.0 Å². The van der Waals surface area contributed by atoms with E-state index in [9.17, 15) is 18.1 Å². The molecule has 0 unspecified atom stereocenters. The van der Waals surface area contributed by atoms with Gasteiger partial charge < -0.3 is 46.1 Å². The molecule has 0 aliphatic carbocycles. The number of nitrogens with one attached hydrogen (secondary N) is 1. The van der Waals surface area contributed by atoms with Gasteiger partial charge in [-0.1, -0.05) is 18.2 Å². The first-order valence-electron chi connectivity index (χ1n) is 19.9. The number of carboxylic acid groups (broad SMARTS) is 1. The zero-order valence-electron chi connectivity index (χ0n) is 35.0. The Morgan fingerprint density at radius 1 is 0.719 bits per heavy atom. The largest absolute Gasteiger partial charge is 0.748 e. The highest BCUT2D eigenvalue weighted by atomic mass is 32.2. The second kappa shape index (κ2) is 22.9. The maximum atomic E-state index is 12.6. The quantitative estimate of drug-likeness (QED) is 0.0619. The summed E-state index contributed by atoms with van der Waals surface area (Å²) in [6, 6.07) is 22.1. The fourth-order valence-corrected chi connectivity index (χ4v) is 7.30. The lowest BCUT2D eigenvalue weighted by atomic mass is 10.1. The molecule has 7 rings (SSSR count). The van der Waals surface area contributed by atoms with Gasteiger partial charge in [-0.25, -0.2) is 8.42 Å². The number of benzene rings is 4. The number of quaternary nitrogens is 2. The summed E-state index contributed by atoms with van der Waals surface area (Å²) in [4.78, 5) is 31.3. The van der Waals surface area contributed by atoms with Crippen molar-refractivity contribution in [3.63, 3.8) is 0 Å². The van der Waals surface area contributed by atoms with Crippen LogP contribution >= 0.6 is 0 Å². The summed E-state index contributed by atoms with van der Waals surface area (Å²) in [5.74, 6) is 1.00. The van der Waals surface area contributed by atoms with Gasteiger partial charge in [0.25, 0.3) is 10.1 Å². The molecule has 0 spiro atoms. The van der Waals surface area contributed by atoms with Crippen LogP contribution in [0.4, 0.5) is 46.3 Å². The topological polar surface area (TPSA) is 340 Å². The molecule has 342 valence electrons. The van der Waals surface area contributed by atoms with Crippen molar-refractivity contribution in [1.82, 2.24) is 24.8 Å². The summed E-state index contributed by atoms with van der Waals surface area (Å²) >= 11 is 0. The lowest BCUT2D eigenvalue weighted by Gasteiger charge is -2.36. The van der Waals surface area contributed by atoms with E-state index in [0.29, 0.717) is 57.6 Å². The first kappa shape index (κ1) is 48.7. The highest BCUT2D eigenvalue weighted by molar-refractivity contribution is 7.86. The molecule has 0 saturated carbocycles. The van der Waals surface area contributed by atoms with Crippen molar-refractivity contribution in [1.29, 1.82) is 0 Å². The number of carbonyl (C=O) groups is 1. The monoisotopic (exact) mass is 922 g/mol. The summed E-state index contributed by atoms with van der Waals surface area (Å²) in [5, 5.41) is 40.0. The van der Waals surface area contributed by atoms with Gasteiger partial charge in [0.1, 0.15) is 10.6 Å². The van der Waals surface area contributed by atoms with Crippen LogP contribution in [0.5, 0.6) is 5.75 Å². The third-order valence-electron chi connectivity index (χ3n) is 9.61. The van der Waals surface area contributed by atoms with Crippen LogP contribution in [0.3, 0.4) is 0 Å². The number of phenolic OH excluding ortho intramolecular Hbond substituents is 1. The van der Waals surface area contributed by atoms with Crippen LogP contribution in [0.1, 0.15) is 0 Å². The minimum atomic E-state index is -4.83. The number of hydrogen-bond acceptors (Lipinski definition) is 20. The minimum absolute atomic E-state index is 0.297. The predicted octanol–water partition coefficient (Wildman–Crippen LogP) is 0.807. The van der Waals surface area contributed by atoms with E-state index in [0.717, 1.165) is 78.5 Å². The van der Waals surface area contributed by atoms with Crippen LogP contribution < -0.4 is 31.7 Å². The third-order valence-corrected chi connectivity index (χ3v) is 10.5. The van der Waals surface area contributed by atoms with Crippen LogP contribution in [0, 0.1) is 0 Å². The Balaban J connectivity index is 0.000000890. The lowest BCUT2D eigenvalue weighted by molar-refractivity contribution is -0.369. The Hall–Kier alpha value is -6.32. The Morgan fingerprint density at radius 2 is 1.17 bits per heavy atom. The number of nitrogens with zero attached hydrogens (tertiary/aromatic N) is 11. The number of rotatable bonds is 13. The van der Waals surface area contributed by atoms with Crippen molar-refractivity contribution in [2.24, 2.45) is 20.5 Å². The van der Waals surface area contributed by atoms with E-state index >= 15 is 0 Å². The predicted molar refractivity (Wildman–Crippen MR) is 234 cm³/mol. The van der Waals surface area contributed by atoms with E-state index in [-0.39, 0.29) is 0 Å². The number of piperazine rings is 2. The summed E-state index contributed by atoms with van der Waals surface area (Å²) in [6.07, 6.45) is 0.604. The van der Waals surface area contributed by atoms with Gasteiger partial charge in [0.05, 0.1) is 40.3 Å². The average molecular weight is 923 g/mol. The lowest BCUT2D eigenvalue weighted by Crippen LogP contribution is -2.57. The summed E-state index contributed by atoms with van der Waals surface area (Å²) in [7, 11) is -8.75. The van der Waals surface area contributed by atoms with E-state index in [1.807, 2.05) is 30.3 Å². The van der Waals surface area contributed by atoms with Gasteiger partial charge in [0.15, 0.2) is 5.75 Å². The normalized spacial score (nSPS) is 15.1. The van der Waals surface area contributed by atoms with Gasteiger partial charge in [0.2, 0.25) is 17.8 Å². The second-order valence-electron chi connectivity index (χ2n) is 14.3. The molecule has 4 aromatic carbocycles. The van der Waals surface area contributed by atoms with Crippen molar-refractivity contribution < 1.29 is 52.4 Å². The highest BCUT2D eigenvalue weighted by Gasteiger charge is 2.25. The van der Waals surface area contributed by atoms with E-state index in [4.69, 9.17) is 37.8 Å². The Bertz CT molecular complexity index is 2560. The van der Waals surface area contributed by atoms with E-state index in [1.165, 1.54) is 6.07 Å². The molecular formula is C39H50N14O9S2. The fourth-order valence-electron chi connectivity index (χ4n) is 6.64. The summed E-state index contributed by atoms with van der Waals surface area (Å²) in [6.45, 7) is 9.66. The summed E-state index contributed by atoms with van der Waals surface area (Å²) < 4.78 is 62.7. The Morgan fingerprint density at radius 3 is 1.62 bits per heavy atom. The fraction of sp³-hybridized carbons (Fsp3) is 0.333. The maximum absolute atomic E-state index is 12.6. The molecule has 23 nitrogen and oxygen atoms in total. The Labute approximate surface area is 369 Å². The molecule has 2 fully saturated rings. The number of aromatic nitrogens is 3. The molecule has 25 heteroatoms. The van der Waals surface area contributed by atoms with E-state index in [1.54, 1.807) is 42.5 Å². The van der Waals surface area contributed by atoms with Crippen molar-refractivity contribution >= 4 is 83.8 Å². The smallest absolute Gasteiger partial charge is 0.296 e. The van der Waals surface area contributed by atoms with Gasteiger partial charge in [-0.15, -0.1) is 5.11 Å². The number of phenols is 1. The maximum Gasteiger partial charge on any atom is 0.296 e. The molecule has 9 N–H and O–H groups in total. The van der Waals surface area contributed by atoms with Crippen LogP contribution in [-0.4, -0.2) is 147 Å². The first-order valence-corrected chi connectivity index (χ1v) is 23.1. The molecule has 0 atom stereocenters. The standard InChI is InChI=1S/C37H44N14O4S.CH4O3S.CH2O2/c38-12-14-48-16-20-50(21-17-48)36-41-35(42-37(43-36)51-22-18-49(15-13-39)19-23-51)40-30-10-11-31-26(24-30)25-32(56(53,54)55)33(34(31)52)47-46-29-8-6-28(7-9-29)45-44-27-4-2-1-3-5-27;1-5(2,3)4;2-1-3/h1-11,24-25,52H,12-23,38-39H2,(H,53,54,55)(H,40,41,42,43);1H3,(H,2,3,4);1H,(H,2,3). The number of hydrogen-bond donors (Lipinski definition) is 5. The van der Waals surface area contributed by atoms with Crippen LogP contribution in [0.2, 0.25) is 0 Å². The van der Waals surface area contributed by atoms with Gasteiger partial charge in [-0.2, -0.15) is 38.7 Å². The number of aromatic hydroxyl groups is 1. The van der Waals surface area contributed by atoms with Gasteiger partial charge in [-0.3, -0.25) is 14.4 Å². The minimum Gasteiger partial charge on any atom is -0.748 e. The zero-order chi connectivity index (χ0) is 46.3. The molecular weight excluding hydrogens is 873 g/mol. The zero-order valence-corrected chi connectivity index (χ0v) is 36.6. The Kier molecular flexibility index (Phi) is 17.4. The van der Waals surface area contributed by atoms with Gasteiger partial charge >= 0.3 is 0 Å². The molecule has 5 aromatic rings. The molecule has 0 bridgehead atoms. The van der Waals surface area contributed by atoms with Gasteiger partial charge in [0, 0.05) is 89.2 Å². The SMILES string of the molecule is CS(=O)(=O)[O-].O=C[O-].[NH3+]CCN1CCN(c2nc(Nc3ccc4c(O)c(N=Nc5ccc(N=Nc6ccccc6)cc5)c(S(=O)(=O)O)cc4c3)nc(N3CCN(CC[NH3+])CC3)n2)CC1. The third kappa shape index (κ3) is 14.6. The molecule has 2 aliphatic heterocycles. The molecule has 0 radical (unpaired) electrons. The molecule has 2 aliphatic rings. The van der Waals surface area contributed by atoms with Crippen LogP contribution in [0.15, 0.2) is 104 Å². The van der Waals surface area contributed by atoms with E-state index in [2.05, 4.69) is 56.8 Å². The highest BCUT2D eigenvalue weighted by Crippen LogP contribution is 2.42. The molecule has 0 amide bonds. The van der Waals surface area contributed by atoms with Crippen LogP contribution in [-0.2, 0) is 25.0 Å².